The molecule has 1 aliphatic heterocycles. The molecule has 1 aliphatic rings. The van der Waals surface area contributed by atoms with Crippen LogP contribution in [0, 0.1) is 19.7 Å². The number of nitrogens with one attached hydrogen (secondary N) is 2. The predicted molar refractivity (Wildman–Crippen MR) is 121 cm³/mol. The quantitative estimate of drug-likeness (QED) is 0.436. The first-order valence-electron chi connectivity index (χ1n) is 11.0. The van der Waals surface area contributed by atoms with Gasteiger partial charge < -0.3 is 20.1 Å². The Balaban J connectivity index is 1.73. The maximum atomic E-state index is 14.7. The van der Waals surface area contributed by atoms with Gasteiger partial charge in [-0.15, -0.1) is 0 Å². The molecule has 6 nitrogen and oxygen atoms in total. The van der Waals surface area contributed by atoms with E-state index in [0.717, 1.165) is 41.4 Å². The summed E-state index contributed by atoms with van der Waals surface area (Å²) in [5, 5.41) is 5.76. The number of hydrogen-bond acceptors (Lipinski definition) is 5. The molecule has 32 heavy (non-hydrogen) atoms. The number of carbonyl (C=O) groups excluding carboxylic acids is 2. The van der Waals surface area contributed by atoms with Crippen molar-refractivity contribution < 1.29 is 23.5 Å². The Labute approximate surface area is 188 Å². The first-order chi connectivity index (χ1) is 15.4. The van der Waals surface area contributed by atoms with Gasteiger partial charge in [0.05, 0.1) is 17.2 Å². The molecule has 2 aromatic rings. The standard InChI is InChI=1S/C25H31FN2O4/c1-16-17(2)24(32-10-8-27-3)20(15-29)13-19(16)11-18-6-7-22(23(26)12-18)25(30)28-14-21-5-4-9-31-21/h6-7,12-13,15,21,27H,4-5,8-11,14H2,1-3H3,(H,28,30). The summed E-state index contributed by atoms with van der Waals surface area (Å²) in [5.41, 5.74) is 4.02. The summed E-state index contributed by atoms with van der Waals surface area (Å²) in [5.74, 6) is -0.423. The Morgan fingerprint density at radius 1 is 1.28 bits per heavy atom. The summed E-state index contributed by atoms with van der Waals surface area (Å²) in [6.45, 7) is 6.10. The Kier molecular flexibility index (Phi) is 8.36. The fourth-order valence-corrected chi connectivity index (χ4v) is 3.89. The van der Waals surface area contributed by atoms with Crippen LogP contribution in [0.2, 0.25) is 0 Å². The lowest BCUT2D eigenvalue weighted by Gasteiger charge is -2.17. The zero-order chi connectivity index (χ0) is 23.1. The van der Waals surface area contributed by atoms with Gasteiger partial charge in [-0.25, -0.2) is 4.39 Å². The topological polar surface area (TPSA) is 76.7 Å². The molecule has 0 spiro atoms. The van der Waals surface area contributed by atoms with Crippen LogP contribution in [-0.4, -0.2) is 51.6 Å². The number of hydrogen-bond donors (Lipinski definition) is 2. The highest BCUT2D eigenvalue weighted by Gasteiger charge is 2.19. The van der Waals surface area contributed by atoms with Crippen molar-refractivity contribution in [3.8, 4) is 5.75 Å². The van der Waals surface area contributed by atoms with E-state index in [-0.39, 0.29) is 11.7 Å². The normalized spacial score (nSPS) is 15.6. The Morgan fingerprint density at radius 3 is 2.75 bits per heavy atom. The molecule has 0 bridgehead atoms. The number of carbonyl (C=O) groups is 2. The minimum Gasteiger partial charge on any atom is -0.491 e. The van der Waals surface area contributed by atoms with E-state index in [1.807, 2.05) is 20.9 Å². The summed E-state index contributed by atoms with van der Waals surface area (Å²) in [7, 11) is 1.84. The average Bonchev–Trinajstić information content (AvgIpc) is 3.30. The lowest BCUT2D eigenvalue weighted by atomic mass is 9.93. The minimum absolute atomic E-state index is 0.00435. The smallest absolute Gasteiger partial charge is 0.254 e. The fraction of sp³-hybridized carbons (Fsp3) is 0.440. The van der Waals surface area contributed by atoms with Crippen LogP contribution >= 0.6 is 0 Å². The number of amides is 1. The Morgan fingerprint density at radius 2 is 2.09 bits per heavy atom. The fourth-order valence-electron chi connectivity index (χ4n) is 3.89. The third-order valence-corrected chi connectivity index (χ3v) is 5.89. The lowest BCUT2D eigenvalue weighted by molar-refractivity contribution is 0.0854. The van der Waals surface area contributed by atoms with Crippen molar-refractivity contribution in [2.24, 2.45) is 0 Å². The van der Waals surface area contributed by atoms with Crippen LogP contribution in [0.25, 0.3) is 0 Å². The van der Waals surface area contributed by atoms with E-state index in [1.54, 1.807) is 12.1 Å². The summed E-state index contributed by atoms with van der Waals surface area (Å²) >= 11 is 0. The van der Waals surface area contributed by atoms with E-state index >= 15 is 0 Å². The minimum atomic E-state index is -0.565. The molecule has 1 heterocycles. The second-order valence-corrected chi connectivity index (χ2v) is 8.11. The molecule has 1 unspecified atom stereocenters. The van der Waals surface area contributed by atoms with Gasteiger partial charge in [0.1, 0.15) is 18.2 Å². The highest BCUT2D eigenvalue weighted by Crippen LogP contribution is 2.30. The van der Waals surface area contributed by atoms with Crippen molar-refractivity contribution in [1.82, 2.24) is 10.6 Å². The van der Waals surface area contributed by atoms with E-state index in [9.17, 15) is 14.0 Å². The molecule has 1 amide bonds. The Hall–Kier alpha value is -2.77. The number of aldehydes is 1. The largest absolute Gasteiger partial charge is 0.491 e. The summed E-state index contributed by atoms with van der Waals surface area (Å²) in [4.78, 5) is 24.0. The van der Waals surface area contributed by atoms with Gasteiger partial charge in [-0.05, 0) is 80.6 Å². The maximum absolute atomic E-state index is 14.7. The predicted octanol–water partition coefficient (Wildman–Crippen LogP) is 3.35. The van der Waals surface area contributed by atoms with Gasteiger partial charge in [0.15, 0.2) is 6.29 Å². The van der Waals surface area contributed by atoms with Crippen LogP contribution in [0.15, 0.2) is 24.3 Å². The van der Waals surface area contributed by atoms with Crippen molar-refractivity contribution >= 4 is 12.2 Å². The molecular weight excluding hydrogens is 411 g/mol. The maximum Gasteiger partial charge on any atom is 0.254 e. The molecule has 1 atom stereocenters. The highest BCUT2D eigenvalue weighted by molar-refractivity contribution is 5.94. The van der Waals surface area contributed by atoms with E-state index in [4.69, 9.17) is 9.47 Å². The highest BCUT2D eigenvalue weighted by atomic mass is 19.1. The molecular formula is C25H31FN2O4. The summed E-state index contributed by atoms with van der Waals surface area (Å²) < 4.78 is 26.0. The van der Waals surface area contributed by atoms with Gasteiger partial charge in [0.25, 0.3) is 5.91 Å². The monoisotopic (exact) mass is 442 g/mol. The van der Waals surface area contributed by atoms with Crippen LogP contribution in [0.3, 0.4) is 0 Å². The van der Waals surface area contributed by atoms with Crippen molar-refractivity contribution in [1.29, 1.82) is 0 Å². The third-order valence-electron chi connectivity index (χ3n) is 5.89. The van der Waals surface area contributed by atoms with Crippen LogP contribution < -0.4 is 15.4 Å². The number of ether oxygens (including phenoxy) is 2. The van der Waals surface area contributed by atoms with Gasteiger partial charge >= 0.3 is 0 Å². The molecule has 1 fully saturated rings. The molecule has 0 aromatic heterocycles. The van der Waals surface area contributed by atoms with Gasteiger partial charge in [-0.3, -0.25) is 9.59 Å². The van der Waals surface area contributed by atoms with Crippen molar-refractivity contribution in [2.45, 2.75) is 39.2 Å². The zero-order valence-corrected chi connectivity index (χ0v) is 18.9. The molecule has 2 N–H and O–H groups in total. The van der Waals surface area contributed by atoms with E-state index < -0.39 is 11.7 Å². The molecule has 2 aromatic carbocycles. The first kappa shape index (κ1) is 23.9. The molecule has 0 radical (unpaired) electrons. The molecule has 3 rings (SSSR count). The second kappa shape index (κ2) is 11.2. The van der Waals surface area contributed by atoms with Gasteiger partial charge in [-0.1, -0.05) is 6.07 Å². The van der Waals surface area contributed by atoms with Crippen LogP contribution in [0.4, 0.5) is 4.39 Å². The number of rotatable bonds is 10. The number of halogens is 1. The lowest BCUT2D eigenvalue weighted by Crippen LogP contribution is -2.32. The molecule has 0 aliphatic carbocycles. The second-order valence-electron chi connectivity index (χ2n) is 8.11. The van der Waals surface area contributed by atoms with Crippen molar-refractivity contribution in [3.05, 3.63) is 63.5 Å². The van der Waals surface area contributed by atoms with E-state index in [2.05, 4.69) is 10.6 Å². The van der Waals surface area contributed by atoms with Crippen molar-refractivity contribution in [3.63, 3.8) is 0 Å². The molecule has 172 valence electrons. The summed E-state index contributed by atoms with van der Waals surface area (Å²) in [6, 6.07) is 6.43. The van der Waals surface area contributed by atoms with Crippen LogP contribution in [-0.2, 0) is 11.2 Å². The molecule has 1 saturated heterocycles. The number of likely N-dealkylation sites (N-methyl/N-ethyl adjacent to an activating group) is 1. The molecule has 0 saturated carbocycles. The van der Waals surface area contributed by atoms with Crippen LogP contribution in [0.5, 0.6) is 5.75 Å². The zero-order valence-electron chi connectivity index (χ0n) is 18.9. The SMILES string of the molecule is CNCCOc1c(C=O)cc(Cc2ccc(C(=O)NCC3CCCO3)c(F)c2)c(C)c1C. The van der Waals surface area contributed by atoms with Crippen LogP contribution in [0.1, 0.15) is 55.8 Å². The first-order valence-corrected chi connectivity index (χ1v) is 11.0. The summed E-state index contributed by atoms with van der Waals surface area (Å²) in [6.07, 6.45) is 3.12. The third kappa shape index (κ3) is 5.72. The molecule has 7 heteroatoms. The Bertz CT molecular complexity index is 971. The van der Waals surface area contributed by atoms with Gasteiger partial charge in [0.2, 0.25) is 0 Å². The van der Waals surface area contributed by atoms with E-state index in [1.165, 1.54) is 12.1 Å². The average molecular weight is 443 g/mol. The number of benzene rings is 2. The van der Waals surface area contributed by atoms with Crippen molar-refractivity contribution in [2.75, 3.05) is 33.4 Å². The van der Waals surface area contributed by atoms with Gasteiger partial charge in [-0.2, -0.15) is 0 Å². The van der Waals surface area contributed by atoms with Gasteiger partial charge in [0, 0.05) is 19.7 Å². The van der Waals surface area contributed by atoms with E-state index in [0.29, 0.717) is 44.0 Å².